The van der Waals surface area contributed by atoms with Gasteiger partial charge >= 0.3 is 5.97 Å². The number of carbonyl (C=O) groups is 5. The maximum Gasteiger partial charge on any atom is 0.303 e. The predicted molar refractivity (Wildman–Crippen MR) is 202 cm³/mol. The minimum absolute atomic E-state index is 0.0206. The molecule has 6 rings (SSSR count). The fourth-order valence-corrected chi connectivity index (χ4v) is 11.2. The molecule has 10 heteroatoms. The molecule has 10 nitrogen and oxygen atoms in total. The highest BCUT2D eigenvalue weighted by molar-refractivity contribution is 6.01. The Morgan fingerprint density at radius 1 is 0.811 bits per heavy atom. The molecule has 6 N–H and O–H groups in total. The first-order valence-electron chi connectivity index (χ1n) is 19.5. The molecule has 2 aromatic carbocycles. The van der Waals surface area contributed by atoms with Crippen LogP contribution < -0.4 is 16.4 Å². The fourth-order valence-electron chi connectivity index (χ4n) is 11.2. The highest BCUT2D eigenvalue weighted by atomic mass is 16.4. The Morgan fingerprint density at radius 2 is 1.34 bits per heavy atom. The van der Waals surface area contributed by atoms with Crippen LogP contribution in [0.1, 0.15) is 128 Å². The smallest absolute Gasteiger partial charge is 0.303 e. The third kappa shape index (κ3) is 6.92. The topological polar surface area (TPSA) is 176 Å². The van der Waals surface area contributed by atoms with Gasteiger partial charge in [-0.3, -0.25) is 29.3 Å². The maximum absolute atomic E-state index is 14.5. The second kappa shape index (κ2) is 14.3. The summed E-state index contributed by atoms with van der Waals surface area (Å²) in [5, 5.41) is 25.3. The summed E-state index contributed by atoms with van der Waals surface area (Å²) in [5.74, 6) is -2.47. The van der Waals surface area contributed by atoms with Gasteiger partial charge in [0.15, 0.2) is 0 Å². The van der Waals surface area contributed by atoms with Crippen molar-refractivity contribution in [1.29, 1.82) is 0 Å². The van der Waals surface area contributed by atoms with Gasteiger partial charge in [-0.15, -0.1) is 0 Å². The zero-order chi connectivity index (χ0) is 38.5. The van der Waals surface area contributed by atoms with E-state index in [1.54, 1.807) is 13.0 Å². The number of carbonyl (C=O) groups excluding carboxylic acids is 4. The molecule has 2 aromatic rings. The van der Waals surface area contributed by atoms with E-state index in [9.17, 15) is 29.1 Å². The molecule has 53 heavy (non-hydrogen) atoms. The lowest BCUT2D eigenvalue weighted by molar-refractivity contribution is -0.150. The van der Waals surface area contributed by atoms with Crippen LogP contribution in [0.3, 0.4) is 0 Å². The van der Waals surface area contributed by atoms with Crippen LogP contribution in [0.4, 0.5) is 5.69 Å². The summed E-state index contributed by atoms with van der Waals surface area (Å²) in [4.78, 5) is 65.6. The lowest BCUT2D eigenvalue weighted by atomic mass is 9.49. The Morgan fingerprint density at radius 3 is 1.89 bits per heavy atom. The number of nitrogens with one attached hydrogen (secondary N) is 2. The number of aryl methyl sites for hydroxylation is 2. The van der Waals surface area contributed by atoms with Gasteiger partial charge in [0.25, 0.3) is 0 Å². The number of hydrogen-bond donors (Lipinski definition) is 5. The van der Waals surface area contributed by atoms with Gasteiger partial charge in [0.2, 0.25) is 17.7 Å². The van der Waals surface area contributed by atoms with Crippen LogP contribution in [0, 0.1) is 28.6 Å². The van der Waals surface area contributed by atoms with Crippen molar-refractivity contribution in [3.05, 3.63) is 58.7 Å². The van der Waals surface area contributed by atoms with Crippen molar-refractivity contribution >= 4 is 35.2 Å². The van der Waals surface area contributed by atoms with E-state index in [1.165, 1.54) is 11.1 Å². The van der Waals surface area contributed by atoms with E-state index in [0.717, 1.165) is 62.5 Å². The summed E-state index contributed by atoms with van der Waals surface area (Å²) in [5.41, 5.74) is 9.04. The number of fused-ring (bicyclic) bond motifs is 6. The molecule has 0 radical (unpaired) electrons. The Kier molecular flexibility index (Phi) is 10.4. The summed E-state index contributed by atoms with van der Waals surface area (Å²) in [6.07, 6.45) is 7.92. The number of amides is 3. The molecule has 2 fully saturated rings. The number of rotatable bonds is 10. The number of nitrogens with two attached hydrogens (primary N) is 1. The number of phenols is 1. The van der Waals surface area contributed by atoms with E-state index >= 15 is 0 Å². The van der Waals surface area contributed by atoms with E-state index in [2.05, 4.69) is 24.5 Å². The van der Waals surface area contributed by atoms with Crippen molar-refractivity contribution in [2.45, 2.75) is 135 Å². The average Bonchev–Trinajstić information content (AvgIpc) is 3.10. The van der Waals surface area contributed by atoms with Crippen molar-refractivity contribution in [2.75, 3.05) is 5.32 Å². The van der Waals surface area contributed by atoms with Crippen LogP contribution in [0.15, 0.2) is 36.4 Å². The molecule has 0 spiro atoms. The van der Waals surface area contributed by atoms with E-state index in [1.807, 2.05) is 44.2 Å². The number of ketones is 1. The molecule has 2 saturated carbocycles. The van der Waals surface area contributed by atoms with Crippen molar-refractivity contribution in [2.24, 2.45) is 34.3 Å². The van der Waals surface area contributed by atoms with Gasteiger partial charge < -0.3 is 21.3 Å². The molecule has 0 heterocycles. The van der Waals surface area contributed by atoms with Gasteiger partial charge in [0.05, 0.1) is 16.9 Å². The zero-order valence-electron chi connectivity index (χ0n) is 32.0. The van der Waals surface area contributed by atoms with Crippen LogP contribution in [-0.2, 0) is 47.6 Å². The number of aliphatic carboxylic acids is 1. The summed E-state index contributed by atoms with van der Waals surface area (Å²) in [6, 6.07) is 10.6. The van der Waals surface area contributed by atoms with Crippen LogP contribution in [0.25, 0.3) is 0 Å². The normalized spacial score (nSPS) is 31.4. The lowest BCUT2D eigenvalue weighted by Crippen LogP contribution is -2.60. The first-order chi connectivity index (χ1) is 24.9. The van der Waals surface area contributed by atoms with Crippen LogP contribution in [-0.4, -0.2) is 45.7 Å². The molecule has 8 atom stereocenters. The highest BCUT2D eigenvalue weighted by Crippen LogP contribution is 2.59. The molecular weight excluding hydrogens is 670 g/mol. The monoisotopic (exact) mass is 727 g/mol. The van der Waals surface area contributed by atoms with E-state index in [-0.39, 0.29) is 71.2 Å². The largest absolute Gasteiger partial charge is 0.508 e. The number of Topliss-reactive ketones (excluding diaryl/α,β-unsaturated/α-hetero) is 1. The number of benzene rings is 2. The fraction of sp³-hybridized carbons (Fsp3) is 0.605. The number of aromatic hydroxyl groups is 1. The second-order valence-electron chi connectivity index (χ2n) is 17.7. The van der Waals surface area contributed by atoms with E-state index in [4.69, 9.17) is 10.8 Å². The molecule has 0 aromatic heterocycles. The number of phenolic OH excluding ortho intramolecular Hbond substituents is 1. The molecule has 0 aliphatic heterocycles. The molecule has 4 aliphatic rings. The molecular formula is C43H57N3O7. The third-order valence-corrected chi connectivity index (χ3v) is 14.3. The molecule has 0 saturated heterocycles. The Bertz CT molecular complexity index is 1820. The first-order valence-corrected chi connectivity index (χ1v) is 19.5. The minimum Gasteiger partial charge on any atom is -0.508 e. The molecule has 4 aliphatic carbocycles. The standard InChI is InChI=1S/C43H57N3O7/c1-25(22-33(48)32(44)14-17-36(49)50)37(51)45-28-12-8-26-10-15-34-40(2,30(26)23-28)18-6-20-42(34,4)38(52)46-39(53)43(5)21-7-19-41(3)31-24-29(47)13-9-27(31)11-16-35(41)43/h8-9,12-13,23-25,32,34-35,47H,6-7,10-11,14-22,44H2,1-5H3,(H,45,51)(H,49,50)(H,46,52,53)/t25-,32+,34-,35-,40-,41-,42+,43+/m1/s1. The van der Waals surface area contributed by atoms with Crippen molar-refractivity contribution in [3.8, 4) is 5.75 Å². The van der Waals surface area contributed by atoms with Crippen molar-refractivity contribution in [3.63, 3.8) is 0 Å². The third-order valence-electron chi connectivity index (χ3n) is 14.3. The number of imide groups is 1. The quantitative estimate of drug-likeness (QED) is 0.173. The van der Waals surface area contributed by atoms with Gasteiger partial charge in [0.1, 0.15) is 11.5 Å². The molecule has 0 bridgehead atoms. The summed E-state index contributed by atoms with van der Waals surface area (Å²) < 4.78 is 0. The minimum atomic E-state index is -1.02. The van der Waals surface area contributed by atoms with E-state index < -0.39 is 28.8 Å². The van der Waals surface area contributed by atoms with Crippen molar-refractivity contribution in [1.82, 2.24) is 5.32 Å². The summed E-state index contributed by atoms with van der Waals surface area (Å²) in [7, 11) is 0. The average molecular weight is 728 g/mol. The van der Waals surface area contributed by atoms with Crippen molar-refractivity contribution < 1.29 is 34.2 Å². The van der Waals surface area contributed by atoms with Gasteiger partial charge in [-0.25, -0.2) is 0 Å². The van der Waals surface area contributed by atoms with Crippen LogP contribution >= 0.6 is 0 Å². The van der Waals surface area contributed by atoms with Gasteiger partial charge in [-0.2, -0.15) is 0 Å². The Hall–Kier alpha value is -4.05. The zero-order valence-corrected chi connectivity index (χ0v) is 32.0. The molecule has 0 unspecified atom stereocenters. The number of carboxylic acids is 1. The number of hydrogen-bond acceptors (Lipinski definition) is 7. The summed E-state index contributed by atoms with van der Waals surface area (Å²) in [6.45, 7) is 10.2. The Labute approximate surface area is 313 Å². The Balaban J connectivity index is 1.17. The van der Waals surface area contributed by atoms with Gasteiger partial charge in [-0.1, -0.05) is 59.6 Å². The van der Waals surface area contributed by atoms with Gasteiger partial charge in [0, 0.05) is 24.4 Å². The molecule has 286 valence electrons. The first kappa shape index (κ1) is 38.7. The van der Waals surface area contributed by atoms with Gasteiger partial charge in [-0.05, 0) is 127 Å². The second-order valence-corrected chi connectivity index (χ2v) is 17.7. The molecule has 3 amide bonds. The summed E-state index contributed by atoms with van der Waals surface area (Å²) >= 11 is 0. The number of carboxylic acid groups (broad SMARTS) is 1. The number of anilines is 1. The van der Waals surface area contributed by atoms with E-state index in [0.29, 0.717) is 18.5 Å². The SMILES string of the molecule is C[C@H](CC(=O)[C@@H](N)CCC(=O)O)C(=O)Nc1ccc2c(c1)[C@@]1(C)CCC[C@](C)(C(=O)NC(=O)[C@@]3(C)CCC[C@]4(C)c5cc(O)ccc5CC[C@@H]34)[C@@H]1CC2. The predicted octanol–water partition coefficient (Wildman–Crippen LogP) is 6.48. The lowest BCUT2D eigenvalue weighted by Gasteiger charge is -2.56. The highest BCUT2D eigenvalue weighted by Gasteiger charge is 2.58. The maximum atomic E-state index is 14.5. The van der Waals surface area contributed by atoms with Crippen LogP contribution in [0.2, 0.25) is 0 Å². The van der Waals surface area contributed by atoms with Crippen LogP contribution in [0.5, 0.6) is 5.75 Å².